The lowest BCUT2D eigenvalue weighted by atomic mass is 10.7. The highest BCUT2D eigenvalue weighted by molar-refractivity contribution is 6.32. The summed E-state index contributed by atoms with van der Waals surface area (Å²) in [6.07, 6.45) is 1.14. The summed E-state index contributed by atoms with van der Waals surface area (Å²) in [5.74, 6) is -0.741. The largest absolute Gasteiger partial charge is 0.516 e. The molecule has 0 aliphatic rings. The van der Waals surface area contributed by atoms with Crippen molar-refractivity contribution in [3.05, 3.63) is 12.7 Å². The van der Waals surface area contributed by atoms with Crippen molar-refractivity contribution in [2.75, 3.05) is 13.2 Å². The summed E-state index contributed by atoms with van der Waals surface area (Å²) in [5, 5.41) is 0. The molecule has 0 heterocycles. The number of rotatable bonds is 7. The van der Waals surface area contributed by atoms with E-state index in [1.807, 2.05) is 13.8 Å². The quantitative estimate of drug-likeness (QED) is 0.336. The Morgan fingerprint density at radius 2 is 2.00 bits per heavy atom. The molecule has 0 radical (unpaired) electrons. The molecule has 0 aromatic rings. The second kappa shape index (κ2) is 7.97. The summed E-state index contributed by atoms with van der Waals surface area (Å²) in [7, 11) is -1.12. The molecule has 0 aromatic heterocycles. The van der Waals surface area contributed by atoms with E-state index < -0.39 is 15.7 Å². The fraction of sp³-hybridized carbons (Fsp3) is 0.625. The predicted octanol–water partition coefficient (Wildman–Crippen LogP) is 0.156. The minimum Gasteiger partial charge on any atom is -0.516 e. The zero-order chi connectivity index (χ0) is 10.1. The third-order valence-electron chi connectivity index (χ3n) is 1.23. The van der Waals surface area contributed by atoms with Crippen LogP contribution in [0, 0.1) is 0 Å². The van der Waals surface area contributed by atoms with Crippen LogP contribution < -0.4 is 0 Å². The molecule has 4 nitrogen and oxygen atoms in total. The van der Waals surface area contributed by atoms with E-state index in [2.05, 4.69) is 6.58 Å². The number of carbonyl (C=O) groups excluding carboxylic acids is 1. The third-order valence-corrected chi connectivity index (χ3v) is 2.43. The summed E-state index contributed by atoms with van der Waals surface area (Å²) in [6.45, 7) is 8.16. The highest BCUT2D eigenvalue weighted by Crippen LogP contribution is 1.94. The van der Waals surface area contributed by atoms with E-state index >= 15 is 0 Å². The Morgan fingerprint density at radius 3 is 2.38 bits per heavy atom. The van der Waals surface area contributed by atoms with Gasteiger partial charge in [0.15, 0.2) is 5.91 Å². The second-order valence-corrected chi connectivity index (χ2v) is 3.46. The van der Waals surface area contributed by atoms with Gasteiger partial charge in [-0.05, 0) is 13.8 Å². The predicted molar refractivity (Wildman–Crippen MR) is 51.9 cm³/mol. The molecule has 0 aliphatic heterocycles. The Morgan fingerprint density at radius 1 is 1.46 bits per heavy atom. The minimum absolute atomic E-state index is 0.334. The van der Waals surface area contributed by atoms with E-state index in [1.54, 1.807) is 0 Å². The van der Waals surface area contributed by atoms with Crippen molar-refractivity contribution < 1.29 is 18.7 Å². The van der Waals surface area contributed by atoms with Crippen molar-refractivity contribution >= 4 is 15.7 Å². The maximum atomic E-state index is 10.7. The monoisotopic (exact) mass is 204 g/mol. The van der Waals surface area contributed by atoms with Crippen LogP contribution in [0.1, 0.15) is 13.8 Å². The summed E-state index contributed by atoms with van der Waals surface area (Å²) < 4.78 is 15.3. The Balaban J connectivity index is 3.67. The number of hydrogen-bond acceptors (Lipinski definition) is 4. The van der Waals surface area contributed by atoms with E-state index in [4.69, 9.17) is 13.9 Å². The maximum absolute atomic E-state index is 10.7. The molecule has 0 saturated carbocycles. The molecule has 0 aliphatic carbocycles. The van der Waals surface area contributed by atoms with E-state index in [0.717, 1.165) is 6.08 Å². The molecule has 0 N–H and O–H groups in total. The van der Waals surface area contributed by atoms with Crippen LogP contribution >= 0.6 is 0 Å². The lowest BCUT2D eigenvalue weighted by Gasteiger charge is -2.15. The molecule has 0 atom stereocenters. The SMILES string of the molecule is C=CC(=O)O[SiH2]C(OCC)OCC. The number of ether oxygens (including phenoxy) is 2. The fourth-order valence-corrected chi connectivity index (χ4v) is 1.81. The molecular formula is C8H16O4Si. The minimum atomic E-state index is -1.12. The fourth-order valence-electron chi connectivity index (χ4n) is 0.725. The van der Waals surface area contributed by atoms with Crippen molar-refractivity contribution in [3.8, 4) is 0 Å². The van der Waals surface area contributed by atoms with E-state index in [9.17, 15) is 4.79 Å². The van der Waals surface area contributed by atoms with Gasteiger partial charge in [0.05, 0.1) is 0 Å². The van der Waals surface area contributed by atoms with Crippen molar-refractivity contribution in [2.45, 2.75) is 19.8 Å². The average molecular weight is 204 g/mol. The second-order valence-electron chi connectivity index (χ2n) is 2.17. The van der Waals surface area contributed by atoms with Gasteiger partial charge in [0.1, 0.15) is 0 Å². The zero-order valence-electron chi connectivity index (χ0n) is 8.12. The van der Waals surface area contributed by atoms with Crippen LogP contribution in [0.15, 0.2) is 12.7 Å². The van der Waals surface area contributed by atoms with Crippen molar-refractivity contribution in [1.82, 2.24) is 0 Å². The van der Waals surface area contributed by atoms with Crippen LogP contribution in [0.4, 0.5) is 0 Å². The lowest BCUT2D eigenvalue weighted by molar-refractivity contribution is -0.132. The summed E-state index contributed by atoms with van der Waals surface area (Å²) in [6, 6.07) is 0. The van der Waals surface area contributed by atoms with Crippen molar-refractivity contribution in [3.63, 3.8) is 0 Å². The van der Waals surface area contributed by atoms with Gasteiger partial charge in [0.2, 0.25) is 0 Å². The molecule has 0 rings (SSSR count). The smallest absolute Gasteiger partial charge is 0.316 e. The van der Waals surface area contributed by atoms with E-state index in [-0.39, 0.29) is 5.91 Å². The molecule has 0 bridgehead atoms. The standard InChI is InChI=1S/C8H16O4Si/c1-4-7(9)12-13-8(10-5-2)11-6-3/h4,8H,1,5-6,13H2,2-3H3. The molecule has 0 saturated heterocycles. The first-order chi connectivity index (χ1) is 6.24. The first-order valence-electron chi connectivity index (χ1n) is 4.27. The highest BCUT2D eigenvalue weighted by Gasteiger charge is 2.11. The Labute approximate surface area is 80.8 Å². The van der Waals surface area contributed by atoms with Crippen LogP contribution in [-0.2, 0) is 18.7 Å². The lowest BCUT2D eigenvalue weighted by Crippen LogP contribution is -2.28. The van der Waals surface area contributed by atoms with Gasteiger partial charge >= 0.3 is 5.97 Å². The summed E-state index contributed by atoms with van der Waals surface area (Å²) in [5.41, 5.74) is 0. The van der Waals surface area contributed by atoms with Crippen LogP contribution in [0.5, 0.6) is 0 Å². The van der Waals surface area contributed by atoms with Crippen LogP contribution in [-0.4, -0.2) is 34.9 Å². The third kappa shape index (κ3) is 6.50. The van der Waals surface area contributed by atoms with Crippen LogP contribution in [0.3, 0.4) is 0 Å². The Bertz CT molecular complexity index is 154. The Hall–Kier alpha value is -0.653. The molecule has 0 aromatic carbocycles. The van der Waals surface area contributed by atoms with Gasteiger partial charge in [-0.15, -0.1) is 0 Å². The van der Waals surface area contributed by atoms with Gasteiger partial charge in [-0.2, -0.15) is 0 Å². The maximum Gasteiger partial charge on any atom is 0.316 e. The van der Waals surface area contributed by atoms with E-state index in [0.29, 0.717) is 13.2 Å². The molecule has 0 amide bonds. The molecule has 0 spiro atoms. The van der Waals surface area contributed by atoms with Gasteiger partial charge in [0.25, 0.3) is 9.76 Å². The molecule has 0 fully saturated rings. The van der Waals surface area contributed by atoms with E-state index in [1.165, 1.54) is 0 Å². The number of carbonyl (C=O) groups is 1. The van der Waals surface area contributed by atoms with Crippen LogP contribution in [0.25, 0.3) is 0 Å². The highest BCUT2D eigenvalue weighted by atomic mass is 28.2. The van der Waals surface area contributed by atoms with Gasteiger partial charge < -0.3 is 13.9 Å². The molecule has 13 heavy (non-hydrogen) atoms. The first-order valence-corrected chi connectivity index (χ1v) is 5.66. The molecule has 0 unspecified atom stereocenters. The zero-order valence-corrected chi connectivity index (χ0v) is 9.53. The summed E-state index contributed by atoms with van der Waals surface area (Å²) in [4.78, 5) is 10.7. The molecule has 76 valence electrons. The van der Waals surface area contributed by atoms with Gasteiger partial charge in [-0.1, -0.05) is 6.58 Å². The summed E-state index contributed by atoms with van der Waals surface area (Å²) >= 11 is 0. The van der Waals surface area contributed by atoms with Gasteiger partial charge in [-0.3, -0.25) is 0 Å². The van der Waals surface area contributed by atoms with Crippen molar-refractivity contribution in [2.24, 2.45) is 0 Å². The van der Waals surface area contributed by atoms with Gasteiger partial charge in [0, 0.05) is 19.3 Å². The van der Waals surface area contributed by atoms with Crippen molar-refractivity contribution in [1.29, 1.82) is 0 Å². The topological polar surface area (TPSA) is 44.8 Å². The normalized spacial score (nSPS) is 11.0. The average Bonchev–Trinajstić information content (AvgIpc) is 2.14. The molecule has 5 heteroatoms. The first kappa shape index (κ1) is 12.3. The van der Waals surface area contributed by atoms with Gasteiger partial charge in [-0.25, -0.2) is 4.79 Å². The Kier molecular flexibility index (Phi) is 7.57. The number of hydrogen-bond donors (Lipinski definition) is 0. The molecular weight excluding hydrogens is 188 g/mol. The van der Waals surface area contributed by atoms with Crippen LogP contribution in [0.2, 0.25) is 0 Å².